The Labute approximate surface area is 266 Å². The number of ether oxygens (including phenoxy) is 1. The Balaban J connectivity index is 1.49. The smallest absolute Gasteiger partial charge is 0.307 e. The fraction of sp³-hybridized carbons (Fsp3) is 0.625. The molecule has 0 radical (unpaired) electrons. The number of rotatable bonds is 20. The first-order valence-corrected chi connectivity index (χ1v) is 17.7. The van der Waals surface area contributed by atoms with E-state index in [2.05, 4.69) is 27.5 Å². The first kappa shape index (κ1) is 35.6. The van der Waals surface area contributed by atoms with Crippen molar-refractivity contribution in [1.29, 1.82) is 0 Å². The lowest BCUT2D eigenvalue weighted by Crippen LogP contribution is -2.41. The predicted molar refractivity (Wildman–Crippen MR) is 173 cm³/mol. The summed E-state index contributed by atoms with van der Waals surface area (Å²) in [5.74, 6) is -0.552. The van der Waals surface area contributed by atoms with Crippen molar-refractivity contribution in [3.8, 4) is 0 Å². The highest BCUT2D eigenvalue weighted by molar-refractivity contribution is 7.92. The molecule has 0 bridgehead atoms. The lowest BCUT2D eigenvalue weighted by Gasteiger charge is -2.21. The van der Waals surface area contributed by atoms with Gasteiger partial charge in [0.2, 0.25) is 5.91 Å². The number of nitrogens with zero attached hydrogens (tertiary/aromatic N) is 3. The molecule has 0 saturated carbocycles. The molecule has 3 aromatic rings. The van der Waals surface area contributed by atoms with E-state index in [1.165, 1.54) is 50.7 Å². The summed E-state index contributed by atoms with van der Waals surface area (Å²) in [6, 6.07) is 8.06. The molecule has 10 nitrogen and oxygen atoms in total. The Morgan fingerprint density at radius 2 is 1.64 bits per heavy atom. The second-order valence-corrected chi connectivity index (χ2v) is 14.6. The van der Waals surface area contributed by atoms with Crippen LogP contribution in [0.5, 0.6) is 0 Å². The van der Waals surface area contributed by atoms with Crippen LogP contribution in [-0.4, -0.2) is 58.5 Å². The normalized spacial score (nSPS) is 12.8. The monoisotopic (exact) mass is 649 g/mol. The lowest BCUT2D eigenvalue weighted by atomic mass is 9.94. The van der Waals surface area contributed by atoms with Crippen LogP contribution >= 0.6 is 11.6 Å². The number of amides is 1. The van der Waals surface area contributed by atoms with E-state index in [9.17, 15) is 18.0 Å². The SMILES string of the molecule is CCCCCCCCCCCCC(C(=O)NCCC(=O)OCC(C)(C)c1n[nH]c2c(Cl)c(C)nn12)S(=O)(=O)c1ccccc1. The number of halogens is 1. The van der Waals surface area contributed by atoms with Gasteiger partial charge in [0.1, 0.15) is 16.9 Å². The second kappa shape index (κ2) is 17.0. The van der Waals surface area contributed by atoms with Gasteiger partial charge in [0.05, 0.1) is 22.4 Å². The van der Waals surface area contributed by atoms with E-state index in [0.717, 1.165) is 19.3 Å². The first-order chi connectivity index (χ1) is 21.0. The van der Waals surface area contributed by atoms with Crippen LogP contribution in [0.4, 0.5) is 0 Å². The van der Waals surface area contributed by atoms with Crippen LogP contribution in [0.25, 0.3) is 5.65 Å². The van der Waals surface area contributed by atoms with Crippen molar-refractivity contribution in [3.63, 3.8) is 0 Å². The zero-order valence-electron chi connectivity index (χ0n) is 26.5. The largest absolute Gasteiger partial charge is 0.465 e. The Morgan fingerprint density at radius 3 is 2.27 bits per heavy atom. The Bertz CT molecular complexity index is 1450. The molecule has 1 aromatic carbocycles. The summed E-state index contributed by atoms with van der Waals surface area (Å²) in [4.78, 5) is 25.9. The van der Waals surface area contributed by atoms with E-state index in [1.807, 2.05) is 13.8 Å². The number of carbonyl (C=O) groups excluding carboxylic acids is 2. The number of hydrogen-bond donors (Lipinski definition) is 2. The highest BCUT2D eigenvalue weighted by Crippen LogP contribution is 2.27. The number of aromatic nitrogens is 4. The van der Waals surface area contributed by atoms with Gasteiger partial charge in [0, 0.05) is 6.54 Å². The Hall–Kier alpha value is -2.92. The molecule has 0 saturated heterocycles. The molecule has 0 aliphatic rings. The number of aromatic amines is 1. The second-order valence-electron chi connectivity index (χ2n) is 12.1. The van der Waals surface area contributed by atoms with Crippen molar-refractivity contribution in [1.82, 2.24) is 25.1 Å². The number of carbonyl (C=O) groups is 2. The number of nitrogens with one attached hydrogen (secondary N) is 2. The van der Waals surface area contributed by atoms with Gasteiger partial charge in [0.25, 0.3) is 0 Å². The van der Waals surface area contributed by atoms with Gasteiger partial charge in [-0.15, -0.1) is 0 Å². The number of esters is 1. The van der Waals surface area contributed by atoms with E-state index in [0.29, 0.717) is 28.6 Å². The maximum absolute atomic E-state index is 13.4. The Kier molecular flexibility index (Phi) is 13.7. The summed E-state index contributed by atoms with van der Waals surface area (Å²) < 4.78 is 34.0. The maximum Gasteiger partial charge on any atom is 0.307 e. The lowest BCUT2D eigenvalue weighted by molar-refractivity contribution is -0.145. The number of benzene rings is 1. The summed E-state index contributed by atoms with van der Waals surface area (Å²) in [5, 5.41) is 13.5. The van der Waals surface area contributed by atoms with Gasteiger partial charge in [-0.05, 0) is 39.3 Å². The van der Waals surface area contributed by atoms with Crippen LogP contribution in [0.3, 0.4) is 0 Å². The van der Waals surface area contributed by atoms with E-state index in [4.69, 9.17) is 16.3 Å². The van der Waals surface area contributed by atoms with Crippen LogP contribution in [0, 0.1) is 6.92 Å². The zero-order valence-corrected chi connectivity index (χ0v) is 28.1. The number of unbranched alkanes of at least 4 members (excludes halogenated alkanes) is 9. The zero-order chi connectivity index (χ0) is 32.2. The van der Waals surface area contributed by atoms with Crippen molar-refractivity contribution < 1.29 is 22.7 Å². The summed E-state index contributed by atoms with van der Waals surface area (Å²) in [7, 11) is -3.89. The summed E-state index contributed by atoms with van der Waals surface area (Å²) >= 11 is 6.26. The Morgan fingerprint density at radius 1 is 1.02 bits per heavy atom. The molecule has 1 atom stereocenters. The van der Waals surface area contributed by atoms with Gasteiger partial charge in [-0.25, -0.2) is 8.42 Å². The van der Waals surface area contributed by atoms with Crippen molar-refractivity contribution in [2.24, 2.45) is 0 Å². The van der Waals surface area contributed by atoms with Crippen molar-refractivity contribution in [2.45, 2.75) is 120 Å². The highest BCUT2D eigenvalue weighted by Gasteiger charge is 2.34. The third kappa shape index (κ3) is 9.79. The number of aryl methyl sites for hydroxylation is 1. The number of H-pyrrole nitrogens is 1. The molecular formula is C32H48ClN5O5S. The molecule has 12 heteroatoms. The summed E-state index contributed by atoms with van der Waals surface area (Å²) in [5.41, 5.74) is 0.549. The first-order valence-electron chi connectivity index (χ1n) is 15.8. The number of sulfone groups is 1. The molecule has 2 N–H and O–H groups in total. The summed E-state index contributed by atoms with van der Waals surface area (Å²) in [6.45, 7) is 7.74. The average molecular weight is 650 g/mol. The van der Waals surface area contributed by atoms with Crippen molar-refractivity contribution >= 4 is 39.0 Å². The minimum atomic E-state index is -3.89. The van der Waals surface area contributed by atoms with Crippen LogP contribution in [0.15, 0.2) is 35.2 Å². The van der Waals surface area contributed by atoms with Crippen LogP contribution in [0.2, 0.25) is 5.02 Å². The molecular weight excluding hydrogens is 602 g/mol. The predicted octanol–water partition coefficient (Wildman–Crippen LogP) is 6.50. The average Bonchev–Trinajstić information content (AvgIpc) is 3.54. The molecule has 1 amide bonds. The molecule has 44 heavy (non-hydrogen) atoms. The molecule has 0 fully saturated rings. The van der Waals surface area contributed by atoms with Crippen LogP contribution < -0.4 is 5.32 Å². The van der Waals surface area contributed by atoms with E-state index in [-0.39, 0.29) is 30.9 Å². The molecule has 2 aromatic heterocycles. The van der Waals surface area contributed by atoms with E-state index >= 15 is 0 Å². The van der Waals surface area contributed by atoms with Crippen LogP contribution in [-0.2, 0) is 29.6 Å². The van der Waals surface area contributed by atoms with Gasteiger partial charge in [0.15, 0.2) is 21.3 Å². The van der Waals surface area contributed by atoms with Gasteiger partial charge in [-0.3, -0.25) is 14.7 Å². The van der Waals surface area contributed by atoms with Gasteiger partial charge >= 0.3 is 5.97 Å². The number of hydrogen-bond acceptors (Lipinski definition) is 7. The number of fused-ring (bicyclic) bond motifs is 1. The fourth-order valence-electron chi connectivity index (χ4n) is 5.17. The third-order valence-electron chi connectivity index (χ3n) is 7.84. The van der Waals surface area contributed by atoms with Gasteiger partial charge in [-0.1, -0.05) is 101 Å². The highest BCUT2D eigenvalue weighted by atomic mass is 35.5. The molecule has 3 rings (SSSR count). The summed E-state index contributed by atoms with van der Waals surface area (Å²) in [6.07, 6.45) is 11.3. The maximum atomic E-state index is 13.4. The molecule has 2 heterocycles. The minimum Gasteiger partial charge on any atom is -0.465 e. The van der Waals surface area contributed by atoms with Crippen molar-refractivity contribution in [3.05, 3.63) is 46.9 Å². The minimum absolute atomic E-state index is 0.0278. The topological polar surface area (TPSA) is 136 Å². The van der Waals surface area contributed by atoms with E-state index in [1.54, 1.807) is 29.6 Å². The quantitative estimate of drug-likeness (QED) is 0.105. The van der Waals surface area contributed by atoms with Crippen LogP contribution in [0.1, 0.15) is 109 Å². The van der Waals surface area contributed by atoms with E-state index < -0.39 is 32.4 Å². The van der Waals surface area contributed by atoms with Gasteiger partial charge in [-0.2, -0.15) is 14.7 Å². The molecule has 0 spiro atoms. The molecule has 1 unspecified atom stereocenters. The van der Waals surface area contributed by atoms with Gasteiger partial charge < -0.3 is 10.1 Å². The fourth-order valence-corrected chi connectivity index (χ4v) is 7.03. The standard InChI is InChI=1S/C32H48ClN5O5S/c1-5-6-7-8-9-10-11-12-13-17-20-26(44(41,42)25-18-15-14-16-19-25)30(40)34-22-21-27(39)43-23-32(3,4)31-36-35-29-28(33)24(2)37-38(29)31/h14-16,18-19,26,35H,5-13,17,20-23H2,1-4H3,(H,34,40). The molecule has 0 aliphatic carbocycles. The molecule has 244 valence electrons. The third-order valence-corrected chi connectivity index (χ3v) is 10.4. The molecule has 0 aliphatic heterocycles. The van der Waals surface area contributed by atoms with Crippen molar-refractivity contribution in [2.75, 3.05) is 13.2 Å².